The van der Waals surface area contributed by atoms with Gasteiger partial charge < -0.3 is 30.3 Å². The van der Waals surface area contributed by atoms with Crippen molar-refractivity contribution in [2.45, 2.75) is 30.8 Å². The van der Waals surface area contributed by atoms with Gasteiger partial charge >= 0.3 is 0 Å². The standard InChI is InChI=1S/C7H14O6/c1-7(13,5(11)3-9)6(12)4(10)2-8/h2,4-6,9-13H,3H2,1H3. The third-order valence-electron chi connectivity index (χ3n) is 1.91. The lowest BCUT2D eigenvalue weighted by atomic mass is 9.89. The van der Waals surface area contributed by atoms with E-state index < -0.39 is 30.5 Å². The Bertz CT molecular complexity index is 168. The Balaban J connectivity index is 4.51. The second-order valence-corrected chi connectivity index (χ2v) is 3.00. The van der Waals surface area contributed by atoms with E-state index in [0.717, 1.165) is 6.92 Å². The molecule has 0 aliphatic heterocycles. The predicted octanol–water partition coefficient (Wildman–Crippen LogP) is -2.99. The summed E-state index contributed by atoms with van der Waals surface area (Å²) in [6.45, 7) is 0.223. The number of aliphatic hydroxyl groups excluding tert-OH is 4. The van der Waals surface area contributed by atoms with Gasteiger partial charge in [-0.05, 0) is 6.92 Å². The summed E-state index contributed by atoms with van der Waals surface area (Å²) in [7, 11) is 0. The molecular formula is C7H14O6. The first kappa shape index (κ1) is 12.5. The number of aldehydes is 1. The zero-order chi connectivity index (χ0) is 10.6. The average Bonchev–Trinajstić information content (AvgIpc) is 2.13. The Labute approximate surface area is 75.1 Å². The van der Waals surface area contributed by atoms with E-state index in [-0.39, 0.29) is 6.29 Å². The molecule has 4 atom stereocenters. The molecule has 6 heteroatoms. The number of hydrogen-bond acceptors (Lipinski definition) is 6. The predicted molar refractivity (Wildman–Crippen MR) is 41.8 cm³/mol. The van der Waals surface area contributed by atoms with Gasteiger partial charge in [0, 0.05) is 0 Å². The third-order valence-corrected chi connectivity index (χ3v) is 1.91. The van der Waals surface area contributed by atoms with Crippen LogP contribution in [0.3, 0.4) is 0 Å². The summed E-state index contributed by atoms with van der Waals surface area (Å²) in [5.41, 5.74) is -2.13. The number of carbonyl (C=O) groups excluding carboxylic acids is 1. The third kappa shape index (κ3) is 2.71. The SMILES string of the molecule is CC(O)(C(O)CO)C(O)C(O)C=O. The van der Waals surface area contributed by atoms with E-state index in [1.807, 2.05) is 0 Å². The van der Waals surface area contributed by atoms with E-state index in [4.69, 9.17) is 20.4 Å². The van der Waals surface area contributed by atoms with Crippen molar-refractivity contribution in [1.29, 1.82) is 0 Å². The highest BCUT2D eigenvalue weighted by atomic mass is 16.4. The molecule has 0 aromatic heterocycles. The monoisotopic (exact) mass is 194 g/mol. The largest absolute Gasteiger partial charge is 0.394 e. The highest BCUT2D eigenvalue weighted by Crippen LogP contribution is 2.17. The fourth-order valence-corrected chi connectivity index (χ4v) is 0.802. The molecule has 6 nitrogen and oxygen atoms in total. The second kappa shape index (κ2) is 4.64. The molecule has 5 N–H and O–H groups in total. The van der Waals surface area contributed by atoms with Crippen LogP contribution in [0, 0.1) is 0 Å². The Morgan fingerprint density at radius 3 is 2.15 bits per heavy atom. The van der Waals surface area contributed by atoms with E-state index in [2.05, 4.69) is 0 Å². The Hall–Kier alpha value is -0.530. The van der Waals surface area contributed by atoms with Crippen molar-refractivity contribution in [1.82, 2.24) is 0 Å². The Morgan fingerprint density at radius 2 is 1.85 bits per heavy atom. The van der Waals surface area contributed by atoms with Gasteiger partial charge in [0.05, 0.1) is 6.61 Å². The van der Waals surface area contributed by atoms with E-state index in [1.165, 1.54) is 0 Å². The van der Waals surface area contributed by atoms with Crippen LogP contribution in [0.1, 0.15) is 6.92 Å². The molecular weight excluding hydrogens is 180 g/mol. The Morgan fingerprint density at radius 1 is 1.38 bits per heavy atom. The topological polar surface area (TPSA) is 118 Å². The first-order chi connectivity index (χ1) is 5.87. The molecule has 0 spiro atoms. The summed E-state index contributed by atoms with van der Waals surface area (Å²) in [4.78, 5) is 10.0. The number of aliphatic hydroxyl groups is 5. The quantitative estimate of drug-likeness (QED) is 0.298. The molecule has 0 heterocycles. The molecule has 0 aromatic carbocycles. The lowest BCUT2D eigenvalue weighted by Gasteiger charge is -2.33. The highest BCUT2D eigenvalue weighted by molar-refractivity contribution is 5.57. The highest BCUT2D eigenvalue weighted by Gasteiger charge is 2.41. The number of hydrogen-bond donors (Lipinski definition) is 5. The molecule has 78 valence electrons. The van der Waals surface area contributed by atoms with E-state index in [1.54, 1.807) is 0 Å². The molecule has 0 aliphatic carbocycles. The zero-order valence-electron chi connectivity index (χ0n) is 7.16. The maximum atomic E-state index is 10.0. The molecule has 13 heavy (non-hydrogen) atoms. The van der Waals surface area contributed by atoms with Gasteiger partial charge in [-0.2, -0.15) is 0 Å². The molecule has 0 aromatic rings. The fraction of sp³-hybridized carbons (Fsp3) is 0.857. The average molecular weight is 194 g/mol. The van der Waals surface area contributed by atoms with Crippen LogP contribution in [0.15, 0.2) is 0 Å². The summed E-state index contributed by atoms with van der Waals surface area (Å²) < 4.78 is 0. The summed E-state index contributed by atoms with van der Waals surface area (Å²) in [6.07, 6.45) is -5.23. The molecule has 4 unspecified atom stereocenters. The molecule has 0 amide bonds. The lowest BCUT2D eigenvalue weighted by molar-refractivity contribution is -0.175. The molecule has 0 aliphatic rings. The maximum Gasteiger partial charge on any atom is 0.151 e. The smallest absolute Gasteiger partial charge is 0.151 e. The van der Waals surface area contributed by atoms with Crippen molar-refractivity contribution in [2.75, 3.05) is 6.61 Å². The summed E-state index contributed by atoms with van der Waals surface area (Å²) >= 11 is 0. The van der Waals surface area contributed by atoms with Crippen molar-refractivity contribution in [3.63, 3.8) is 0 Å². The number of carbonyl (C=O) groups is 1. The van der Waals surface area contributed by atoms with E-state index in [9.17, 15) is 9.90 Å². The second-order valence-electron chi connectivity index (χ2n) is 3.00. The van der Waals surface area contributed by atoms with E-state index in [0.29, 0.717) is 0 Å². The normalized spacial score (nSPS) is 22.9. The van der Waals surface area contributed by atoms with Gasteiger partial charge in [0.1, 0.15) is 23.9 Å². The van der Waals surface area contributed by atoms with Gasteiger partial charge in [-0.3, -0.25) is 0 Å². The van der Waals surface area contributed by atoms with Crippen LogP contribution in [0.5, 0.6) is 0 Å². The summed E-state index contributed by atoms with van der Waals surface area (Å²) in [5.74, 6) is 0. The van der Waals surface area contributed by atoms with Crippen molar-refractivity contribution >= 4 is 6.29 Å². The van der Waals surface area contributed by atoms with E-state index >= 15 is 0 Å². The zero-order valence-corrected chi connectivity index (χ0v) is 7.16. The van der Waals surface area contributed by atoms with Gasteiger partial charge in [-0.15, -0.1) is 0 Å². The van der Waals surface area contributed by atoms with Crippen molar-refractivity contribution < 1.29 is 30.3 Å². The molecule has 0 saturated carbocycles. The van der Waals surface area contributed by atoms with Gasteiger partial charge in [0.25, 0.3) is 0 Å². The van der Waals surface area contributed by atoms with Gasteiger partial charge in [0.15, 0.2) is 6.29 Å². The molecule has 0 rings (SSSR count). The van der Waals surface area contributed by atoms with Crippen LogP contribution < -0.4 is 0 Å². The molecule has 0 radical (unpaired) electrons. The number of rotatable bonds is 5. The van der Waals surface area contributed by atoms with Crippen LogP contribution in [-0.2, 0) is 4.79 Å². The lowest BCUT2D eigenvalue weighted by Crippen LogP contribution is -2.56. The van der Waals surface area contributed by atoms with Gasteiger partial charge in [-0.1, -0.05) is 0 Å². The van der Waals surface area contributed by atoms with Gasteiger partial charge in [-0.25, -0.2) is 0 Å². The first-order valence-corrected chi connectivity index (χ1v) is 3.70. The van der Waals surface area contributed by atoms with Crippen LogP contribution in [0.4, 0.5) is 0 Å². The first-order valence-electron chi connectivity index (χ1n) is 3.70. The van der Waals surface area contributed by atoms with Crippen molar-refractivity contribution in [2.24, 2.45) is 0 Å². The fourth-order valence-electron chi connectivity index (χ4n) is 0.802. The summed E-state index contributed by atoms with van der Waals surface area (Å²) in [5, 5.41) is 44.9. The van der Waals surface area contributed by atoms with Crippen LogP contribution in [-0.4, -0.2) is 62.3 Å². The summed E-state index contributed by atoms with van der Waals surface area (Å²) in [6, 6.07) is 0. The minimum atomic E-state index is -2.13. The van der Waals surface area contributed by atoms with Crippen LogP contribution in [0.25, 0.3) is 0 Å². The minimum absolute atomic E-state index is 0.0310. The minimum Gasteiger partial charge on any atom is -0.394 e. The van der Waals surface area contributed by atoms with Crippen molar-refractivity contribution in [3.05, 3.63) is 0 Å². The molecule has 0 bridgehead atoms. The molecule has 0 saturated heterocycles. The van der Waals surface area contributed by atoms with Crippen LogP contribution in [0.2, 0.25) is 0 Å². The molecule has 0 fully saturated rings. The maximum absolute atomic E-state index is 10.0. The Kier molecular flexibility index (Phi) is 4.45. The van der Waals surface area contributed by atoms with Crippen LogP contribution >= 0.6 is 0 Å². The van der Waals surface area contributed by atoms with Crippen molar-refractivity contribution in [3.8, 4) is 0 Å². The van der Waals surface area contributed by atoms with Gasteiger partial charge in [0.2, 0.25) is 0 Å².